The molecule has 156 valence electrons. The number of amides is 2. The highest BCUT2D eigenvalue weighted by molar-refractivity contribution is 8.00. The van der Waals surface area contributed by atoms with Gasteiger partial charge in [0.2, 0.25) is 11.8 Å². The van der Waals surface area contributed by atoms with E-state index in [0.717, 1.165) is 32.4 Å². The van der Waals surface area contributed by atoms with Gasteiger partial charge in [-0.3, -0.25) is 9.59 Å². The number of thioether (sulfide) groups is 1. The van der Waals surface area contributed by atoms with E-state index >= 15 is 0 Å². The van der Waals surface area contributed by atoms with Crippen LogP contribution in [0.2, 0.25) is 0 Å². The van der Waals surface area contributed by atoms with Crippen molar-refractivity contribution in [2.75, 3.05) is 29.9 Å². The minimum absolute atomic E-state index is 0.122. The van der Waals surface area contributed by atoms with Crippen LogP contribution in [0.4, 0.5) is 5.82 Å². The van der Waals surface area contributed by atoms with Gasteiger partial charge in [-0.1, -0.05) is 35.0 Å². The zero-order valence-corrected chi connectivity index (χ0v) is 18.0. The molecule has 1 N–H and O–H groups in total. The predicted molar refractivity (Wildman–Crippen MR) is 116 cm³/mol. The van der Waals surface area contributed by atoms with E-state index in [2.05, 4.69) is 41.7 Å². The number of likely N-dealkylation sites (tertiary alicyclic amines) is 1. The van der Waals surface area contributed by atoms with Gasteiger partial charge in [-0.2, -0.15) is 0 Å². The second-order valence-electron chi connectivity index (χ2n) is 7.71. The fourth-order valence-electron chi connectivity index (χ4n) is 3.52. The van der Waals surface area contributed by atoms with Gasteiger partial charge in [0.15, 0.2) is 5.82 Å². The van der Waals surface area contributed by atoms with E-state index in [9.17, 15) is 9.59 Å². The molecule has 1 aliphatic rings. The van der Waals surface area contributed by atoms with E-state index in [1.54, 1.807) is 13.0 Å². The van der Waals surface area contributed by atoms with Crippen LogP contribution >= 0.6 is 11.8 Å². The molecule has 1 fully saturated rings. The maximum absolute atomic E-state index is 12.4. The lowest BCUT2D eigenvalue weighted by Crippen LogP contribution is -2.39. The molecule has 0 aliphatic carbocycles. The predicted octanol–water partition coefficient (Wildman–Crippen LogP) is 3.83. The Morgan fingerprint density at radius 1 is 1.17 bits per heavy atom. The molecule has 2 amide bonds. The first-order chi connectivity index (χ1) is 14.0. The molecule has 0 unspecified atom stereocenters. The number of benzene rings is 1. The number of nitrogens with one attached hydrogen (secondary N) is 1. The van der Waals surface area contributed by atoms with Gasteiger partial charge in [0.1, 0.15) is 5.76 Å². The third-order valence-electron chi connectivity index (χ3n) is 5.28. The minimum atomic E-state index is -0.175. The summed E-state index contributed by atoms with van der Waals surface area (Å²) in [6.07, 6.45) is 4.42. The molecule has 0 spiro atoms. The topological polar surface area (TPSA) is 75.4 Å². The maximum atomic E-state index is 12.4. The Balaban J connectivity index is 1.30. The van der Waals surface area contributed by atoms with Gasteiger partial charge in [-0.25, -0.2) is 0 Å². The largest absolute Gasteiger partial charge is 0.360 e. The molecule has 0 saturated carbocycles. The number of anilines is 1. The lowest BCUT2D eigenvalue weighted by molar-refractivity contribution is -0.129. The van der Waals surface area contributed by atoms with Crippen LogP contribution in [0.5, 0.6) is 0 Å². The maximum Gasteiger partial charge on any atom is 0.235 e. The molecule has 7 heteroatoms. The van der Waals surface area contributed by atoms with Crippen LogP contribution < -0.4 is 5.32 Å². The molecule has 0 atom stereocenters. The van der Waals surface area contributed by atoms with Gasteiger partial charge in [-0.15, -0.1) is 11.8 Å². The smallest absolute Gasteiger partial charge is 0.235 e. The van der Waals surface area contributed by atoms with Crippen LogP contribution in [0.3, 0.4) is 0 Å². The van der Waals surface area contributed by atoms with Crippen molar-refractivity contribution in [3.8, 4) is 0 Å². The molecule has 0 radical (unpaired) electrons. The van der Waals surface area contributed by atoms with E-state index in [4.69, 9.17) is 4.52 Å². The first-order valence-corrected chi connectivity index (χ1v) is 11.3. The second-order valence-corrected chi connectivity index (χ2v) is 8.70. The molecule has 1 aromatic heterocycles. The summed E-state index contributed by atoms with van der Waals surface area (Å²) in [5.41, 5.74) is 2.69. The molecule has 1 aliphatic heterocycles. The van der Waals surface area contributed by atoms with Gasteiger partial charge < -0.3 is 14.7 Å². The van der Waals surface area contributed by atoms with E-state index in [1.807, 2.05) is 4.90 Å². The fourth-order valence-corrected chi connectivity index (χ4v) is 4.24. The number of nitrogens with zero attached hydrogens (tertiary/aromatic N) is 2. The summed E-state index contributed by atoms with van der Waals surface area (Å²) < 4.78 is 4.91. The monoisotopic (exact) mass is 415 g/mol. The number of carbonyl (C=O) groups is 2. The molecule has 1 saturated heterocycles. The third-order valence-corrected chi connectivity index (χ3v) is 6.20. The highest BCUT2D eigenvalue weighted by Gasteiger charge is 2.22. The zero-order valence-electron chi connectivity index (χ0n) is 17.1. The van der Waals surface area contributed by atoms with Crippen LogP contribution in [-0.4, -0.2) is 46.5 Å². The fraction of sp³-hybridized carbons (Fsp3) is 0.500. The Morgan fingerprint density at radius 3 is 2.55 bits per heavy atom. The first-order valence-electron chi connectivity index (χ1n) is 10.1. The third kappa shape index (κ3) is 6.92. The molecule has 2 heterocycles. The van der Waals surface area contributed by atoms with Crippen LogP contribution in [0.15, 0.2) is 34.9 Å². The Morgan fingerprint density at radius 2 is 1.90 bits per heavy atom. The molecule has 6 nitrogen and oxygen atoms in total. The van der Waals surface area contributed by atoms with Crippen LogP contribution in [-0.2, 0) is 16.0 Å². The molecule has 29 heavy (non-hydrogen) atoms. The second kappa shape index (κ2) is 10.5. The van der Waals surface area contributed by atoms with Crippen molar-refractivity contribution in [3.05, 3.63) is 47.2 Å². The lowest BCUT2D eigenvalue weighted by atomic mass is 9.90. The van der Waals surface area contributed by atoms with Crippen molar-refractivity contribution in [2.45, 2.75) is 39.5 Å². The quantitative estimate of drug-likeness (QED) is 0.709. The van der Waals surface area contributed by atoms with Crippen molar-refractivity contribution in [2.24, 2.45) is 5.92 Å². The van der Waals surface area contributed by atoms with Crippen molar-refractivity contribution in [3.63, 3.8) is 0 Å². The average molecular weight is 416 g/mol. The van der Waals surface area contributed by atoms with Gasteiger partial charge in [-0.05, 0) is 51.0 Å². The lowest BCUT2D eigenvalue weighted by Gasteiger charge is -2.32. The van der Waals surface area contributed by atoms with Crippen LogP contribution in [0.25, 0.3) is 0 Å². The number of rotatable bonds is 8. The number of aryl methyl sites for hydroxylation is 3. The minimum Gasteiger partial charge on any atom is -0.360 e. The Kier molecular flexibility index (Phi) is 7.75. The van der Waals surface area contributed by atoms with Gasteiger partial charge >= 0.3 is 0 Å². The Hall–Kier alpha value is -2.28. The molecule has 0 bridgehead atoms. The molecular weight excluding hydrogens is 386 g/mol. The van der Waals surface area contributed by atoms with E-state index in [0.29, 0.717) is 23.2 Å². The normalized spacial score (nSPS) is 14.8. The molecular formula is C22H29N3O3S. The van der Waals surface area contributed by atoms with Gasteiger partial charge in [0, 0.05) is 19.2 Å². The van der Waals surface area contributed by atoms with Gasteiger partial charge in [0.25, 0.3) is 0 Å². The van der Waals surface area contributed by atoms with Crippen molar-refractivity contribution < 1.29 is 14.1 Å². The zero-order chi connectivity index (χ0) is 20.6. The SMILES string of the molecule is Cc1ccc(CCC2CCN(C(=O)CSCC(=O)Nc3cc(C)on3)CC2)cc1. The Labute approximate surface area is 176 Å². The summed E-state index contributed by atoms with van der Waals surface area (Å²) >= 11 is 1.34. The standard InChI is InChI=1S/C22H29N3O3S/c1-16-3-5-18(6-4-16)7-8-19-9-11-25(12-10-19)22(27)15-29-14-21(26)23-20-13-17(2)28-24-20/h3-6,13,19H,7-12,14-15H2,1-2H3,(H,23,24,26). The number of piperidine rings is 1. The molecule has 2 aromatic rings. The summed E-state index contributed by atoms with van der Waals surface area (Å²) in [4.78, 5) is 26.2. The highest BCUT2D eigenvalue weighted by Crippen LogP contribution is 2.23. The number of carbonyl (C=O) groups excluding carboxylic acids is 2. The summed E-state index contributed by atoms with van der Waals surface area (Å²) in [5.74, 6) is 2.24. The number of hydrogen-bond acceptors (Lipinski definition) is 5. The highest BCUT2D eigenvalue weighted by atomic mass is 32.2. The Bertz CT molecular complexity index is 811. The van der Waals surface area contributed by atoms with Crippen molar-refractivity contribution in [1.29, 1.82) is 0 Å². The van der Waals surface area contributed by atoms with Crippen molar-refractivity contribution in [1.82, 2.24) is 10.1 Å². The molecule has 1 aromatic carbocycles. The molecule has 3 rings (SSSR count). The average Bonchev–Trinajstić information content (AvgIpc) is 3.12. The first kappa shape index (κ1) is 21.4. The number of aromatic nitrogens is 1. The van der Waals surface area contributed by atoms with Crippen molar-refractivity contribution >= 4 is 29.4 Å². The van der Waals surface area contributed by atoms with E-state index in [1.165, 1.54) is 29.3 Å². The van der Waals surface area contributed by atoms with Crippen LogP contribution in [0.1, 0.15) is 36.1 Å². The van der Waals surface area contributed by atoms with E-state index < -0.39 is 0 Å². The van der Waals surface area contributed by atoms with Crippen LogP contribution in [0, 0.1) is 19.8 Å². The summed E-state index contributed by atoms with van der Waals surface area (Å²) in [7, 11) is 0. The van der Waals surface area contributed by atoms with E-state index in [-0.39, 0.29) is 17.6 Å². The summed E-state index contributed by atoms with van der Waals surface area (Å²) in [6.45, 7) is 5.52. The summed E-state index contributed by atoms with van der Waals surface area (Å²) in [6, 6.07) is 10.4. The number of hydrogen-bond donors (Lipinski definition) is 1. The van der Waals surface area contributed by atoms with Gasteiger partial charge in [0.05, 0.1) is 11.5 Å². The summed E-state index contributed by atoms with van der Waals surface area (Å²) in [5, 5.41) is 6.39.